The first kappa shape index (κ1) is 20.1. The highest BCUT2D eigenvalue weighted by Gasteiger charge is 2.14. The minimum atomic E-state index is 0.558. The van der Waals surface area contributed by atoms with Gasteiger partial charge in [0.25, 0.3) is 0 Å². The molecule has 0 aliphatic rings. The summed E-state index contributed by atoms with van der Waals surface area (Å²) in [5, 5.41) is 8.85. The molecule has 0 bridgehead atoms. The summed E-state index contributed by atoms with van der Waals surface area (Å²) in [6.45, 7) is 8.54. The van der Waals surface area contributed by atoms with E-state index >= 15 is 0 Å². The number of ether oxygens (including phenoxy) is 2. The Morgan fingerprint density at radius 2 is 2.04 bits per heavy atom. The van der Waals surface area contributed by atoms with Crippen LogP contribution in [0.1, 0.15) is 17.4 Å². The summed E-state index contributed by atoms with van der Waals surface area (Å²) in [5.41, 5.74) is 3.99. The summed E-state index contributed by atoms with van der Waals surface area (Å²) in [5.74, 6) is 1.51. The molecule has 0 atom stereocenters. The first-order valence-electron chi connectivity index (χ1n) is 8.69. The second kappa shape index (κ2) is 9.03. The molecular formula is C21H23N3O2S2. The average Bonchev–Trinajstić information content (AvgIpc) is 3.29. The van der Waals surface area contributed by atoms with Crippen LogP contribution in [0.5, 0.6) is 11.5 Å². The summed E-state index contributed by atoms with van der Waals surface area (Å²) in [6.07, 6.45) is 1.88. The predicted octanol–water partition coefficient (Wildman–Crippen LogP) is 4.96. The molecule has 2 aromatic heterocycles. The number of rotatable bonds is 7. The van der Waals surface area contributed by atoms with Gasteiger partial charge >= 0.3 is 0 Å². The highest BCUT2D eigenvalue weighted by molar-refractivity contribution is 7.11. The molecule has 28 heavy (non-hydrogen) atoms. The zero-order valence-electron chi connectivity index (χ0n) is 16.4. The number of thiophene rings is 1. The lowest BCUT2D eigenvalue weighted by atomic mass is 10.1. The Morgan fingerprint density at radius 1 is 1.21 bits per heavy atom. The van der Waals surface area contributed by atoms with Crippen molar-refractivity contribution in [2.24, 2.45) is 10.1 Å². The maximum Gasteiger partial charge on any atom is 0.206 e. The minimum absolute atomic E-state index is 0.558. The van der Waals surface area contributed by atoms with Crippen LogP contribution in [0.2, 0.25) is 0 Å². The second-order valence-corrected chi connectivity index (χ2v) is 8.05. The molecule has 0 N–H and O–H groups in total. The number of benzene rings is 1. The number of hydrogen-bond donors (Lipinski definition) is 0. The molecule has 0 radical (unpaired) electrons. The van der Waals surface area contributed by atoms with E-state index in [0.29, 0.717) is 6.54 Å². The van der Waals surface area contributed by atoms with Crippen molar-refractivity contribution in [2.75, 3.05) is 20.8 Å². The molecule has 0 spiro atoms. The summed E-state index contributed by atoms with van der Waals surface area (Å²) in [4.78, 5) is 6.59. The van der Waals surface area contributed by atoms with Gasteiger partial charge in [0, 0.05) is 10.9 Å². The molecule has 3 aromatic rings. The number of aryl methyl sites for hydroxylation is 1. The number of methoxy groups -OCH3 is 2. The van der Waals surface area contributed by atoms with Crippen molar-refractivity contribution >= 4 is 28.9 Å². The van der Waals surface area contributed by atoms with Crippen molar-refractivity contribution in [2.45, 2.75) is 13.8 Å². The molecule has 5 nitrogen and oxygen atoms in total. The van der Waals surface area contributed by atoms with Crippen molar-refractivity contribution in [1.82, 2.24) is 4.68 Å². The van der Waals surface area contributed by atoms with E-state index in [0.717, 1.165) is 38.0 Å². The van der Waals surface area contributed by atoms with Crippen molar-refractivity contribution < 1.29 is 9.47 Å². The van der Waals surface area contributed by atoms with Gasteiger partial charge in [-0.15, -0.1) is 22.7 Å². The average molecular weight is 414 g/mol. The molecule has 7 heteroatoms. The van der Waals surface area contributed by atoms with Gasteiger partial charge in [0.05, 0.1) is 37.6 Å². The van der Waals surface area contributed by atoms with Gasteiger partial charge in [-0.25, -0.2) is 4.68 Å². The molecule has 146 valence electrons. The van der Waals surface area contributed by atoms with Crippen LogP contribution in [0.4, 0.5) is 0 Å². The van der Waals surface area contributed by atoms with Gasteiger partial charge in [-0.2, -0.15) is 5.10 Å². The minimum Gasteiger partial charge on any atom is -0.497 e. The largest absolute Gasteiger partial charge is 0.497 e. The normalized spacial score (nSPS) is 11.9. The third kappa shape index (κ3) is 4.43. The standard InChI is InChI=1S/C21H23N3O2S2/c1-14(2)11-22-21-24(23-12-20-15(3)8-9-27-20)18(13-28-21)17-10-16(25-4)6-7-19(17)26-5/h6-10,12-13H,1,11H2,2-5H3. The maximum atomic E-state index is 5.57. The Morgan fingerprint density at radius 3 is 2.68 bits per heavy atom. The number of thiazole rings is 1. The summed E-state index contributed by atoms with van der Waals surface area (Å²) < 4.78 is 12.8. The first-order valence-corrected chi connectivity index (χ1v) is 10.5. The lowest BCUT2D eigenvalue weighted by Crippen LogP contribution is -2.13. The van der Waals surface area contributed by atoms with Gasteiger partial charge in [-0.3, -0.25) is 4.99 Å². The van der Waals surface area contributed by atoms with Crippen molar-refractivity contribution in [1.29, 1.82) is 0 Å². The molecule has 0 fully saturated rings. The van der Waals surface area contributed by atoms with Gasteiger partial charge in [0.2, 0.25) is 4.80 Å². The third-order valence-corrected chi connectivity index (χ3v) is 5.85. The van der Waals surface area contributed by atoms with Gasteiger partial charge in [-0.05, 0) is 49.1 Å². The summed E-state index contributed by atoms with van der Waals surface area (Å²) in [6, 6.07) is 7.81. The summed E-state index contributed by atoms with van der Waals surface area (Å²) >= 11 is 3.20. The smallest absolute Gasteiger partial charge is 0.206 e. The van der Waals surface area contributed by atoms with Crippen LogP contribution in [-0.2, 0) is 0 Å². The lowest BCUT2D eigenvalue weighted by Gasteiger charge is -2.11. The van der Waals surface area contributed by atoms with Crippen LogP contribution in [-0.4, -0.2) is 31.7 Å². The Labute approximate surface area is 172 Å². The number of hydrogen-bond acceptors (Lipinski definition) is 6. The Kier molecular flexibility index (Phi) is 6.49. The fourth-order valence-corrected chi connectivity index (χ4v) is 4.16. The van der Waals surface area contributed by atoms with E-state index in [9.17, 15) is 0 Å². The van der Waals surface area contributed by atoms with E-state index in [1.165, 1.54) is 16.9 Å². The Hall–Kier alpha value is -2.64. The van der Waals surface area contributed by atoms with Gasteiger partial charge < -0.3 is 9.47 Å². The lowest BCUT2D eigenvalue weighted by molar-refractivity contribution is 0.404. The van der Waals surface area contributed by atoms with E-state index in [4.69, 9.17) is 14.6 Å². The predicted molar refractivity (Wildman–Crippen MR) is 118 cm³/mol. The van der Waals surface area contributed by atoms with Crippen LogP contribution >= 0.6 is 22.7 Å². The Balaban J connectivity index is 2.17. The quantitative estimate of drug-likeness (QED) is 0.406. The fraction of sp³-hybridized carbons (Fsp3) is 0.238. The number of aromatic nitrogens is 1. The van der Waals surface area contributed by atoms with E-state index in [1.807, 2.05) is 41.4 Å². The van der Waals surface area contributed by atoms with E-state index < -0.39 is 0 Å². The monoisotopic (exact) mass is 413 g/mol. The molecule has 0 saturated heterocycles. The number of nitrogens with zero attached hydrogens (tertiary/aromatic N) is 3. The summed E-state index contributed by atoms with van der Waals surface area (Å²) in [7, 11) is 3.31. The van der Waals surface area contributed by atoms with E-state index in [1.54, 1.807) is 25.6 Å². The topological polar surface area (TPSA) is 48.1 Å². The van der Waals surface area contributed by atoms with Crippen LogP contribution < -0.4 is 14.3 Å². The molecule has 1 aromatic carbocycles. The van der Waals surface area contributed by atoms with Gasteiger partial charge in [0.15, 0.2) is 0 Å². The Bertz CT molecular complexity index is 1070. The van der Waals surface area contributed by atoms with Crippen molar-refractivity contribution in [3.63, 3.8) is 0 Å². The zero-order chi connectivity index (χ0) is 20.1. The SMILES string of the molecule is C=C(C)CN=c1scc(-c2cc(OC)ccc2OC)n1N=Cc1sccc1C. The van der Waals surface area contributed by atoms with Gasteiger partial charge in [0.1, 0.15) is 11.5 Å². The molecule has 2 heterocycles. The van der Waals surface area contributed by atoms with Crippen LogP contribution in [0.3, 0.4) is 0 Å². The molecule has 0 aliphatic heterocycles. The van der Waals surface area contributed by atoms with E-state index in [2.05, 4.69) is 29.9 Å². The molecule has 3 rings (SSSR count). The maximum absolute atomic E-state index is 5.57. The molecule has 0 amide bonds. The first-order chi connectivity index (χ1) is 13.5. The van der Waals surface area contributed by atoms with Crippen LogP contribution in [0.15, 0.2) is 57.3 Å². The van der Waals surface area contributed by atoms with Gasteiger partial charge in [-0.1, -0.05) is 12.2 Å². The van der Waals surface area contributed by atoms with Crippen LogP contribution in [0, 0.1) is 6.92 Å². The van der Waals surface area contributed by atoms with Crippen molar-refractivity contribution in [3.05, 3.63) is 62.4 Å². The highest BCUT2D eigenvalue weighted by Crippen LogP contribution is 2.33. The second-order valence-electron chi connectivity index (χ2n) is 6.27. The third-order valence-electron chi connectivity index (χ3n) is 4.04. The zero-order valence-corrected chi connectivity index (χ0v) is 18.1. The van der Waals surface area contributed by atoms with Crippen molar-refractivity contribution in [3.8, 4) is 22.8 Å². The molecule has 0 saturated carbocycles. The molecule has 0 unspecified atom stereocenters. The molecule has 0 aliphatic carbocycles. The van der Waals surface area contributed by atoms with Crippen LogP contribution in [0.25, 0.3) is 11.3 Å². The molecular weight excluding hydrogens is 390 g/mol. The fourth-order valence-electron chi connectivity index (χ4n) is 2.55. The highest BCUT2D eigenvalue weighted by atomic mass is 32.1. The van der Waals surface area contributed by atoms with E-state index in [-0.39, 0.29) is 0 Å².